The minimum absolute atomic E-state index is 0.000907. The first-order chi connectivity index (χ1) is 11.2. The molecule has 0 N–H and O–H groups in total. The molecule has 4 heterocycles. The molecule has 0 radical (unpaired) electrons. The number of morpholine rings is 1. The maximum atomic E-state index is 11.0. The Morgan fingerprint density at radius 3 is 3.09 bits per heavy atom. The highest BCUT2D eigenvalue weighted by Crippen LogP contribution is 2.28. The van der Waals surface area contributed by atoms with Gasteiger partial charge in [-0.3, -0.25) is 0 Å². The molecule has 0 saturated carbocycles. The van der Waals surface area contributed by atoms with Crippen LogP contribution in [-0.4, -0.2) is 39.2 Å². The summed E-state index contributed by atoms with van der Waals surface area (Å²) < 4.78 is 7.09. The molecule has 23 heavy (non-hydrogen) atoms. The number of aromatic nitrogens is 3. The van der Waals surface area contributed by atoms with Crippen LogP contribution in [0.5, 0.6) is 0 Å². The summed E-state index contributed by atoms with van der Waals surface area (Å²) in [6.45, 7) is 1.96. The molecule has 0 spiro atoms. The van der Waals surface area contributed by atoms with Gasteiger partial charge in [0.1, 0.15) is 12.3 Å². The third-order valence-electron chi connectivity index (χ3n) is 3.77. The van der Waals surface area contributed by atoms with Gasteiger partial charge in [-0.2, -0.15) is 0 Å². The van der Waals surface area contributed by atoms with Gasteiger partial charge in [-0.05, 0) is 22.4 Å². The van der Waals surface area contributed by atoms with Crippen molar-refractivity contribution in [1.29, 1.82) is 0 Å². The molecule has 118 valence electrons. The summed E-state index contributed by atoms with van der Waals surface area (Å²) in [5.74, 6) is 0.549. The second-order valence-corrected chi connectivity index (χ2v) is 6.14. The van der Waals surface area contributed by atoms with Crippen molar-refractivity contribution in [2.45, 2.75) is 6.10 Å². The van der Waals surface area contributed by atoms with Gasteiger partial charge in [-0.1, -0.05) is 15.7 Å². The van der Waals surface area contributed by atoms with E-state index in [0.29, 0.717) is 31.2 Å². The SMILES string of the molecule is O=[N+]([O-])c1cnc2ccc(N3CCOC(c4cccs4)C3)nn12. The van der Waals surface area contributed by atoms with Gasteiger partial charge in [-0.25, -0.2) is 4.98 Å². The predicted molar refractivity (Wildman–Crippen MR) is 84.9 cm³/mol. The van der Waals surface area contributed by atoms with E-state index in [9.17, 15) is 10.1 Å². The molecule has 0 bridgehead atoms. The minimum atomic E-state index is -0.482. The number of hydrogen-bond donors (Lipinski definition) is 0. The Balaban J connectivity index is 1.65. The first kappa shape index (κ1) is 14.1. The monoisotopic (exact) mass is 331 g/mol. The predicted octanol–water partition coefficient (Wildman–Crippen LogP) is 2.28. The van der Waals surface area contributed by atoms with E-state index in [0.717, 1.165) is 0 Å². The Hall–Kier alpha value is -2.52. The number of hydrogen-bond acceptors (Lipinski definition) is 7. The van der Waals surface area contributed by atoms with Crippen molar-refractivity contribution in [3.63, 3.8) is 0 Å². The van der Waals surface area contributed by atoms with Crippen LogP contribution in [0.15, 0.2) is 35.8 Å². The van der Waals surface area contributed by atoms with Crippen molar-refractivity contribution < 1.29 is 9.66 Å². The molecule has 0 aromatic carbocycles. The van der Waals surface area contributed by atoms with Crippen molar-refractivity contribution in [3.05, 3.63) is 50.8 Å². The second-order valence-electron chi connectivity index (χ2n) is 5.16. The lowest BCUT2D eigenvalue weighted by Crippen LogP contribution is -2.38. The maximum Gasteiger partial charge on any atom is 0.368 e. The Morgan fingerprint density at radius 1 is 1.39 bits per heavy atom. The fraction of sp³-hybridized carbons (Fsp3) is 0.286. The van der Waals surface area contributed by atoms with Crippen molar-refractivity contribution in [2.75, 3.05) is 24.6 Å². The van der Waals surface area contributed by atoms with E-state index >= 15 is 0 Å². The lowest BCUT2D eigenvalue weighted by atomic mass is 10.2. The molecule has 1 unspecified atom stereocenters. The molecule has 1 atom stereocenters. The topological polar surface area (TPSA) is 85.8 Å². The maximum absolute atomic E-state index is 11.0. The van der Waals surface area contributed by atoms with Gasteiger partial charge in [0, 0.05) is 17.5 Å². The van der Waals surface area contributed by atoms with Crippen LogP contribution in [0, 0.1) is 10.1 Å². The molecule has 1 aliphatic rings. The molecule has 4 rings (SSSR count). The second kappa shape index (κ2) is 5.60. The van der Waals surface area contributed by atoms with Crippen LogP contribution in [0.1, 0.15) is 11.0 Å². The summed E-state index contributed by atoms with van der Waals surface area (Å²) in [6, 6.07) is 7.63. The minimum Gasteiger partial charge on any atom is -0.369 e. The van der Waals surface area contributed by atoms with Crippen molar-refractivity contribution in [3.8, 4) is 0 Å². The summed E-state index contributed by atoms with van der Waals surface area (Å²) in [4.78, 5) is 17.8. The van der Waals surface area contributed by atoms with Crippen molar-refractivity contribution >= 4 is 28.6 Å². The van der Waals surface area contributed by atoms with Crippen LogP contribution in [0.3, 0.4) is 0 Å². The number of thiophene rings is 1. The van der Waals surface area contributed by atoms with Gasteiger partial charge in [0.05, 0.1) is 13.2 Å². The van der Waals surface area contributed by atoms with Gasteiger partial charge in [-0.15, -0.1) is 11.3 Å². The van der Waals surface area contributed by atoms with E-state index in [1.54, 1.807) is 17.4 Å². The van der Waals surface area contributed by atoms with Crippen molar-refractivity contribution in [1.82, 2.24) is 14.6 Å². The average molecular weight is 331 g/mol. The van der Waals surface area contributed by atoms with E-state index in [-0.39, 0.29) is 11.9 Å². The van der Waals surface area contributed by atoms with Gasteiger partial charge in [0.15, 0.2) is 5.82 Å². The van der Waals surface area contributed by atoms with E-state index in [4.69, 9.17) is 4.74 Å². The van der Waals surface area contributed by atoms with Gasteiger partial charge >= 0.3 is 5.82 Å². The number of ether oxygens (including phenoxy) is 1. The number of anilines is 1. The molecule has 1 saturated heterocycles. The summed E-state index contributed by atoms with van der Waals surface area (Å²) in [5, 5.41) is 17.5. The zero-order valence-electron chi connectivity index (χ0n) is 12.0. The summed E-state index contributed by atoms with van der Waals surface area (Å²) in [7, 11) is 0. The molecule has 1 fully saturated rings. The Labute approximate surface area is 135 Å². The number of nitro groups is 1. The lowest BCUT2D eigenvalue weighted by molar-refractivity contribution is -0.391. The third-order valence-corrected chi connectivity index (χ3v) is 4.73. The summed E-state index contributed by atoms with van der Waals surface area (Å²) in [6.07, 6.45) is 1.22. The third kappa shape index (κ3) is 2.53. The standard InChI is InChI=1S/C14H13N5O3S/c20-19(21)14-8-15-12-3-4-13(16-18(12)14)17-5-6-22-10(9-17)11-2-1-7-23-11/h1-4,7-8,10H,5-6,9H2. The van der Waals surface area contributed by atoms with Crippen LogP contribution >= 0.6 is 11.3 Å². The molecule has 3 aromatic rings. The van der Waals surface area contributed by atoms with Crippen LogP contribution in [-0.2, 0) is 4.74 Å². The zero-order chi connectivity index (χ0) is 15.8. The normalized spacial score (nSPS) is 18.4. The Bertz CT molecular complexity index is 847. The first-order valence-electron chi connectivity index (χ1n) is 7.11. The number of nitrogens with zero attached hydrogens (tertiary/aromatic N) is 5. The zero-order valence-corrected chi connectivity index (χ0v) is 12.8. The fourth-order valence-electron chi connectivity index (χ4n) is 2.65. The molecule has 8 nitrogen and oxygen atoms in total. The molecular weight excluding hydrogens is 318 g/mol. The van der Waals surface area contributed by atoms with Crippen LogP contribution in [0.25, 0.3) is 5.65 Å². The first-order valence-corrected chi connectivity index (χ1v) is 7.99. The molecular formula is C14H13N5O3S. The largest absolute Gasteiger partial charge is 0.369 e. The van der Waals surface area contributed by atoms with Crippen molar-refractivity contribution in [2.24, 2.45) is 0 Å². The smallest absolute Gasteiger partial charge is 0.368 e. The summed E-state index contributed by atoms with van der Waals surface area (Å²) >= 11 is 1.66. The molecule has 3 aromatic heterocycles. The van der Waals surface area contributed by atoms with Gasteiger partial charge < -0.3 is 19.8 Å². The molecule has 0 amide bonds. The van der Waals surface area contributed by atoms with E-state index in [1.807, 2.05) is 17.5 Å². The fourth-order valence-corrected chi connectivity index (χ4v) is 3.41. The number of fused-ring (bicyclic) bond motifs is 1. The van der Waals surface area contributed by atoms with Gasteiger partial charge in [0.2, 0.25) is 5.65 Å². The quantitative estimate of drug-likeness (QED) is 0.540. The number of imidazole rings is 1. The van der Waals surface area contributed by atoms with Crippen LogP contribution in [0.2, 0.25) is 0 Å². The molecule has 1 aliphatic heterocycles. The average Bonchev–Trinajstić information content (AvgIpc) is 3.24. The highest BCUT2D eigenvalue weighted by molar-refractivity contribution is 7.10. The van der Waals surface area contributed by atoms with E-state index in [1.165, 1.54) is 15.6 Å². The van der Waals surface area contributed by atoms with Crippen LogP contribution < -0.4 is 4.90 Å². The van der Waals surface area contributed by atoms with Gasteiger partial charge in [0.25, 0.3) is 0 Å². The van der Waals surface area contributed by atoms with E-state index < -0.39 is 4.92 Å². The summed E-state index contributed by atoms with van der Waals surface area (Å²) in [5.41, 5.74) is 0.462. The Kier molecular flexibility index (Phi) is 3.43. The highest BCUT2D eigenvalue weighted by atomic mass is 32.1. The van der Waals surface area contributed by atoms with Crippen LogP contribution in [0.4, 0.5) is 11.6 Å². The lowest BCUT2D eigenvalue weighted by Gasteiger charge is -2.32. The Morgan fingerprint density at radius 2 is 2.30 bits per heavy atom. The molecule has 0 aliphatic carbocycles. The van der Waals surface area contributed by atoms with E-state index in [2.05, 4.69) is 21.0 Å². The highest BCUT2D eigenvalue weighted by Gasteiger charge is 2.25. The molecule has 9 heteroatoms. The number of rotatable bonds is 3.